The Balaban J connectivity index is 1.74. The summed E-state index contributed by atoms with van der Waals surface area (Å²) < 4.78 is 16.4. The molecule has 2 aliphatic carbocycles. The summed E-state index contributed by atoms with van der Waals surface area (Å²) in [6.07, 6.45) is -2.19. The Labute approximate surface area is 131 Å². The SMILES string of the molecule is C[C@]12[C@@H]3OC(=O)[C@]14O[C@@H]4C[C@@]2(O)[C@@H]1C(=O)O[C@H]3[C@H]1[C@@](C)(O)CO. The highest BCUT2D eigenvalue weighted by molar-refractivity contribution is 5.91. The van der Waals surface area contributed by atoms with Gasteiger partial charge in [-0.25, -0.2) is 4.79 Å². The summed E-state index contributed by atoms with van der Waals surface area (Å²) >= 11 is 0. The van der Waals surface area contributed by atoms with Crippen LogP contribution >= 0.6 is 0 Å². The van der Waals surface area contributed by atoms with Gasteiger partial charge in [-0.15, -0.1) is 0 Å². The van der Waals surface area contributed by atoms with Crippen LogP contribution in [0.5, 0.6) is 0 Å². The summed E-state index contributed by atoms with van der Waals surface area (Å²) in [7, 11) is 0. The molecule has 0 aromatic heterocycles. The van der Waals surface area contributed by atoms with E-state index in [9.17, 15) is 24.9 Å². The molecule has 0 aromatic rings. The molecular formula is C15H18O8. The lowest BCUT2D eigenvalue weighted by molar-refractivity contribution is -0.229. The van der Waals surface area contributed by atoms with Crippen molar-refractivity contribution in [3.8, 4) is 0 Å². The lowest BCUT2D eigenvalue weighted by Gasteiger charge is -2.53. The third-order valence-corrected chi connectivity index (χ3v) is 7.07. The summed E-state index contributed by atoms with van der Waals surface area (Å²) in [5.41, 5.74) is -5.55. The maximum atomic E-state index is 12.4. The second-order valence-electron chi connectivity index (χ2n) is 7.92. The van der Waals surface area contributed by atoms with Gasteiger partial charge < -0.3 is 29.5 Å². The molecule has 3 heterocycles. The van der Waals surface area contributed by atoms with Gasteiger partial charge in [-0.1, -0.05) is 0 Å². The Morgan fingerprint density at radius 3 is 2.70 bits per heavy atom. The highest BCUT2D eigenvalue weighted by Crippen LogP contribution is 2.77. The average Bonchev–Trinajstić information content (AvgIpc) is 2.95. The number of esters is 2. The molecule has 3 N–H and O–H groups in total. The summed E-state index contributed by atoms with van der Waals surface area (Å²) in [4.78, 5) is 24.8. The van der Waals surface area contributed by atoms with E-state index in [0.717, 1.165) is 0 Å². The van der Waals surface area contributed by atoms with Crippen LogP contribution in [-0.2, 0) is 23.8 Å². The summed E-state index contributed by atoms with van der Waals surface area (Å²) in [5.74, 6) is -3.06. The van der Waals surface area contributed by atoms with E-state index < -0.39 is 70.9 Å². The zero-order chi connectivity index (χ0) is 16.6. The number of fused-ring (bicyclic) bond motifs is 4. The van der Waals surface area contributed by atoms with Crippen molar-refractivity contribution in [3.05, 3.63) is 0 Å². The number of carbonyl (C=O) groups excluding carboxylic acids is 2. The van der Waals surface area contributed by atoms with Crippen molar-refractivity contribution < 1.29 is 39.1 Å². The Bertz CT molecular complexity index is 660. The van der Waals surface area contributed by atoms with Gasteiger partial charge in [0.25, 0.3) is 0 Å². The number of carbonyl (C=O) groups is 2. The average molecular weight is 326 g/mol. The number of hydrogen-bond acceptors (Lipinski definition) is 8. The Kier molecular flexibility index (Phi) is 2.10. The van der Waals surface area contributed by atoms with Gasteiger partial charge in [-0.2, -0.15) is 0 Å². The summed E-state index contributed by atoms with van der Waals surface area (Å²) in [6.45, 7) is 2.49. The second kappa shape index (κ2) is 3.42. The first-order valence-corrected chi connectivity index (χ1v) is 7.80. The Morgan fingerprint density at radius 1 is 1.35 bits per heavy atom. The lowest BCUT2D eigenvalue weighted by Crippen LogP contribution is -2.69. The standard InChI is InChI=1S/C15H18O8/c1-12(19,4-16)6-7-10(17)21-8(6)9-13(2)14(7,20)3-5-15(13,23-5)11(18)22-9/h5-9,16,19-20H,3-4H2,1-2H3/t5-,6+,7+,8+,9-,12+,13-,14-,15+/m1/s1. The largest absolute Gasteiger partial charge is 0.458 e. The number of rotatable bonds is 2. The van der Waals surface area contributed by atoms with Gasteiger partial charge in [-0.05, 0) is 13.8 Å². The van der Waals surface area contributed by atoms with Gasteiger partial charge in [0.15, 0.2) is 6.10 Å². The molecule has 2 saturated carbocycles. The molecule has 0 amide bonds. The maximum Gasteiger partial charge on any atom is 0.342 e. The second-order valence-corrected chi connectivity index (χ2v) is 7.92. The molecule has 8 nitrogen and oxygen atoms in total. The molecule has 0 unspecified atom stereocenters. The van der Waals surface area contributed by atoms with Crippen LogP contribution < -0.4 is 0 Å². The molecule has 5 fully saturated rings. The van der Waals surface area contributed by atoms with Crippen LogP contribution in [0.2, 0.25) is 0 Å². The van der Waals surface area contributed by atoms with Crippen molar-refractivity contribution in [1.82, 2.24) is 0 Å². The normalized spacial score (nSPS) is 60.7. The quantitative estimate of drug-likeness (QED) is 0.397. The van der Waals surface area contributed by atoms with Crippen molar-refractivity contribution >= 4 is 11.9 Å². The fraction of sp³-hybridized carbons (Fsp3) is 0.867. The zero-order valence-corrected chi connectivity index (χ0v) is 12.7. The molecule has 3 saturated heterocycles. The zero-order valence-electron chi connectivity index (χ0n) is 12.7. The molecule has 5 rings (SSSR count). The van der Waals surface area contributed by atoms with E-state index in [1.54, 1.807) is 6.92 Å². The van der Waals surface area contributed by atoms with Crippen LogP contribution in [0.1, 0.15) is 20.3 Å². The molecule has 126 valence electrons. The topological polar surface area (TPSA) is 126 Å². The number of aliphatic hydroxyl groups is 3. The van der Waals surface area contributed by atoms with Gasteiger partial charge in [0.05, 0.1) is 29.1 Å². The Hall–Kier alpha value is -1.22. The van der Waals surface area contributed by atoms with Gasteiger partial charge in [0.1, 0.15) is 12.2 Å². The molecular weight excluding hydrogens is 308 g/mol. The molecule has 0 radical (unpaired) electrons. The molecule has 0 aromatic carbocycles. The highest BCUT2D eigenvalue weighted by atomic mass is 16.7. The number of aliphatic hydroxyl groups excluding tert-OH is 1. The Morgan fingerprint density at radius 2 is 2.04 bits per heavy atom. The number of epoxide rings is 1. The van der Waals surface area contributed by atoms with E-state index in [4.69, 9.17) is 14.2 Å². The maximum absolute atomic E-state index is 12.4. The predicted molar refractivity (Wildman–Crippen MR) is 69.7 cm³/mol. The van der Waals surface area contributed by atoms with E-state index in [2.05, 4.69) is 0 Å². The smallest absolute Gasteiger partial charge is 0.342 e. The van der Waals surface area contributed by atoms with Crippen LogP contribution in [-0.4, -0.2) is 69.0 Å². The fourth-order valence-electron chi connectivity index (χ4n) is 5.84. The van der Waals surface area contributed by atoms with Crippen LogP contribution in [0.3, 0.4) is 0 Å². The van der Waals surface area contributed by atoms with Crippen molar-refractivity contribution in [2.75, 3.05) is 6.61 Å². The number of ether oxygens (including phenoxy) is 3. The minimum absolute atomic E-state index is 0.111. The van der Waals surface area contributed by atoms with Crippen molar-refractivity contribution in [2.24, 2.45) is 17.3 Å². The molecule has 5 aliphatic rings. The van der Waals surface area contributed by atoms with Crippen molar-refractivity contribution in [3.63, 3.8) is 0 Å². The van der Waals surface area contributed by atoms with E-state index >= 15 is 0 Å². The van der Waals surface area contributed by atoms with Crippen LogP contribution in [0.15, 0.2) is 0 Å². The highest BCUT2D eigenvalue weighted by Gasteiger charge is 2.95. The molecule has 3 aliphatic heterocycles. The van der Waals surface area contributed by atoms with Gasteiger partial charge >= 0.3 is 11.9 Å². The first-order valence-electron chi connectivity index (χ1n) is 7.80. The number of hydrogen-bond donors (Lipinski definition) is 3. The fourth-order valence-corrected chi connectivity index (χ4v) is 5.84. The molecule has 9 atom stereocenters. The first-order chi connectivity index (χ1) is 10.6. The van der Waals surface area contributed by atoms with Crippen molar-refractivity contribution in [2.45, 2.75) is 55.4 Å². The molecule has 23 heavy (non-hydrogen) atoms. The monoisotopic (exact) mass is 326 g/mol. The van der Waals surface area contributed by atoms with Crippen LogP contribution in [0.25, 0.3) is 0 Å². The van der Waals surface area contributed by atoms with E-state index in [-0.39, 0.29) is 6.42 Å². The lowest BCUT2D eigenvalue weighted by atomic mass is 9.52. The van der Waals surface area contributed by atoms with Crippen LogP contribution in [0, 0.1) is 17.3 Å². The van der Waals surface area contributed by atoms with Gasteiger partial charge in [-0.3, -0.25) is 4.79 Å². The first kappa shape index (κ1) is 14.2. The van der Waals surface area contributed by atoms with E-state index in [1.165, 1.54) is 6.92 Å². The van der Waals surface area contributed by atoms with E-state index in [1.807, 2.05) is 0 Å². The van der Waals surface area contributed by atoms with Crippen molar-refractivity contribution in [1.29, 1.82) is 0 Å². The minimum atomic E-state index is -1.64. The van der Waals surface area contributed by atoms with E-state index in [0.29, 0.717) is 0 Å². The molecule has 2 bridgehead atoms. The third kappa shape index (κ3) is 1.10. The summed E-state index contributed by atoms with van der Waals surface area (Å²) in [6, 6.07) is 0. The van der Waals surface area contributed by atoms with Crippen LogP contribution in [0.4, 0.5) is 0 Å². The van der Waals surface area contributed by atoms with Gasteiger partial charge in [0, 0.05) is 12.3 Å². The summed E-state index contributed by atoms with van der Waals surface area (Å²) in [5, 5.41) is 31.5. The predicted octanol–water partition coefficient (Wildman–Crippen LogP) is -1.89. The molecule has 1 spiro atoms. The molecule has 8 heteroatoms. The minimum Gasteiger partial charge on any atom is -0.458 e. The third-order valence-electron chi connectivity index (χ3n) is 7.07. The van der Waals surface area contributed by atoms with Gasteiger partial charge in [0.2, 0.25) is 5.60 Å².